The number of hydrogen-bond donors (Lipinski definition) is 0. The molecule has 0 bridgehead atoms. The van der Waals surface area contributed by atoms with Crippen LogP contribution < -0.4 is 0 Å². The summed E-state index contributed by atoms with van der Waals surface area (Å²) >= 11 is 0. The summed E-state index contributed by atoms with van der Waals surface area (Å²) in [5.41, 5.74) is 10.4. The topological polar surface area (TPSA) is 64.5 Å². The molecule has 8 aromatic rings. The van der Waals surface area contributed by atoms with Crippen molar-refractivity contribution in [2.45, 2.75) is 0 Å². The summed E-state index contributed by atoms with van der Waals surface area (Å²) in [6, 6.07) is 49.4. The molecule has 0 unspecified atom stereocenters. The first-order chi connectivity index (χ1) is 22.8. The van der Waals surface area contributed by atoms with Crippen LogP contribution in [0, 0.1) is 0 Å². The molecule has 0 aliphatic heterocycles. The van der Waals surface area contributed by atoms with E-state index in [9.17, 15) is 0 Å². The Morgan fingerprint density at radius 2 is 0.826 bits per heavy atom. The minimum atomic E-state index is 0.650. The summed E-state index contributed by atoms with van der Waals surface area (Å²) in [6.45, 7) is 0. The second-order valence-corrected chi connectivity index (χ2v) is 11.0. The van der Waals surface area contributed by atoms with Crippen molar-refractivity contribution in [1.29, 1.82) is 0 Å². The maximum atomic E-state index is 5.10. The van der Waals surface area contributed by atoms with Crippen LogP contribution in [0.4, 0.5) is 0 Å². The zero-order valence-corrected chi connectivity index (χ0v) is 24.8. The third kappa shape index (κ3) is 5.53. The van der Waals surface area contributed by atoms with Gasteiger partial charge in [0.2, 0.25) is 0 Å². The molecule has 4 aromatic heterocycles. The molecule has 0 spiro atoms. The lowest BCUT2D eigenvalue weighted by molar-refractivity contribution is 1.18. The van der Waals surface area contributed by atoms with E-state index in [0.717, 1.165) is 72.6 Å². The molecular formula is C41H27N5. The average molecular weight is 590 g/mol. The van der Waals surface area contributed by atoms with Gasteiger partial charge in [-0.2, -0.15) is 0 Å². The van der Waals surface area contributed by atoms with E-state index >= 15 is 0 Å². The summed E-state index contributed by atoms with van der Waals surface area (Å²) in [5.74, 6) is 0.650. The summed E-state index contributed by atoms with van der Waals surface area (Å²) in [5, 5.41) is 2.29. The maximum absolute atomic E-state index is 5.10. The molecule has 0 saturated carbocycles. The molecule has 0 atom stereocenters. The van der Waals surface area contributed by atoms with Crippen molar-refractivity contribution < 1.29 is 0 Å². The molecule has 5 heteroatoms. The normalized spacial score (nSPS) is 11.0. The molecule has 0 fully saturated rings. The SMILES string of the molecule is c1ccc(-c2cccc(-c3cc(-c4cccc(-c5ccccn5)c4)nc(-c4ccc(-c5cc6ccccc6cn5)cc4)n3)c2)nc1. The van der Waals surface area contributed by atoms with Crippen LogP contribution in [0.2, 0.25) is 0 Å². The van der Waals surface area contributed by atoms with E-state index in [2.05, 4.69) is 101 Å². The van der Waals surface area contributed by atoms with Crippen LogP contribution in [0.3, 0.4) is 0 Å². The van der Waals surface area contributed by atoms with Gasteiger partial charge in [-0.05, 0) is 53.9 Å². The Morgan fingerprint density at radius 1 is 0.304 bits per heavy atom. The highest BCUT2D eigenvalue weighted by molar-refractivity contribution is 5.85. The number of fused-ring (bicyclic) bond motifs is 1. The Morgan fingerprint density at radius 3 is 1.39 bits per heavy atom. The maximum Gasteiger partial charge on any atom is 0.160 e. The van der Waals surface area contributed by atoms with Gasteiger partial charge in [-0.15, -0.1) is 0 Å². The minimum Gasteiger partial charge on any atom is -0.256 e. The fraction of sp³-hybridized carbons (Fsp3) is 0. The zero-order chi connectivity index (χ0) is 30.7. The summed E-state index contributed by atoms with van der Waals surface area (Å²) in [4.78, 5) is 24.0. The Labute approximate surface area is 267 Å². The van der Waals surface area contributed by atoms with E-state index in [1.54, 1.807) is 0 Å². The van der Waals surface area contributed by atoms with Crippen molar-refractivity contribution in [1.82, 2.24) is 24.9 Å². The Kier molecular flexibility index (Phi) is 7.09. The molecule has 0 saturated heterocycles. The second-order valence-electron chi connectivity index (χ2n) is 11.0. The lowest BCUT2D eigenvalue weighted by atomic mass is 10.0. The predicted octanol–water partition coefficient (Wildman–Crippen LogP) is 9.82. The lowest BCUT2D eigenvalue weighted by Gasteiger charge is -2.12. The number of hydrogen-bond acceptors (Lipinski definition) is 5. The summed E-state index contributed by atoms with van der Waals surface area (Å²) in [7, 11) is 0. The Balaban J connectivity index is 1.23. The van der Waals surface area contributed by atoms with Gasteiger partial charge in [0.05, 0.1) is 28.5 Å². The van der Waals surface area contributed by atoms with Crippen molar-refractivity contribution >= 4 is 10.8 Å². The number of rotatable bonds is 6. The monoisotopic (exact) mass is 589 g/mol. The van der Waals surface area contributed by atoms with Gasteiger partial charge in [0.1, 0.15) is 0 Å². The number of pyridine rings is 3. The Hall–Kier alpha value is -6.33. The zero-order valence-electron chi connectivity index (χ0n) is 24.8. The van der Waals surface area contributed by atoms with Crippen LogP contribution in [0.25, 0.3) is 78.4 Å². The third-order valence-electron chi connectivity index (χ3n) is 8.03. The van der Waals surface area contributed by atoms with E-state index in [4.69, 9.17) is 15.0 Å². The van der Waals surface area contributed by atoms with Gasteiger partial charge in [-0.3, -0.25) is 15.0 Å². The first-order valence-corrected chi connectivity index (χ1v) is 15.2. The van der Waals surface area contributed by atoms with Gasteiger partial charge < -0.3 is 0 Å². The van der Waals surface area contributed by atoms with Crippen LogP contribution in [0.15, 0.2) is 164 Å². The summed E-state index contributed by atoms with van der Waals surface area (Å²) < 4.78 is 0. The molecule has 0 aliphatic carbocycles. The highest BCUT2D eigenvalue weighted by atomic mass is 14.9. The first kappa shape index (κ1) is 27.2. The Bertz CT molecular complexity index is 2200. The van der Waals surface area contributed by atoms with E-state index < -0.39 is 0 Å². The van der Waals surface area contributed by atoms with Gasteiger partial charge in [0.25, 0.3) is 0 Å². The molecule has 5 nitrogen and oxygen atoms in total. The molecule has 0 amide bonds. The molecule has 0 radical (unpaired) electrons. The highest BCUT2D eigenvalue weighted by Crippen LogP contribution is 2.32. The van der Waals surface area contributed by atoms with Gasteiger partial charge in [-0.1, -0.05) is 97.1 Å². The van der Waals surface area contributed by atoms with Crippen LogP contribution in [-0.2, 0) is 0 Å². The standard InChI is InChI=1S/C41H27N5/c1-2-10-35-27-44-38(25-30(35)9-1)28-17-19-29(20-18-28)41-45-39(33-13-7-11-31(23-33)36-15-3-5-21-42-36)26-40(46-41)34-14-8-12-32(24-34)37-16-4-6-22-43-37/h1-27H. The van der Waals surface area contributed by atoms with Crippen LogP contribution in [0.1, 0.15) is 0 Å². The quantitative estimate of drug-likeness (QED) is 0.193. The van der Waals surface area contributed by atoms with Gasteiger partial charge >= 0.3 is 0 Å². The van der Waals surface area contributed by atoms with E-state index in [1.165, 1.54) is 0 Å². The van der Waals surface area contributed by atoms with Crippen molar-refractivity contribution in [2.75, 3.05) is 0 Å². The fourth-order valence-electron chi connectivity index (χ4n) is 5.65. The van der Waals surface area contributed by atoms with E-state index in [1.807, 2.05) is 73.2 Å². The van der Waals surface area contributed by atoms with Crippen LogP contribution in [-0.4, -0.2) is 24.9 Å². The first-order valence-electron chi connectivity index (χ1n) is 15.2. The number of benzene rings is 4. The van der Waals surface area contributed by atoms with Crippen molar-refractivity contribution in [2.24, 2.45) is 0 Å². The van der Waals surface area contributed by atoms with Crippen LogP contribution in [0.5, 0.6) is 0 Å². The number of aromatic nitrogens is 5. The van der Waals surface area contributed by atoms with E-state index in [-0.39, 0.29) is 0 Å². The molecule has 8 rings (SSSR count). The van der Waals surface area contributed by atoms with Gasteiger partial charge in [0, 0.05) is 57.4 Å². The molecule has 4 aromatic carbocycles. The summed E-state index contributed by atoms with van der Waals surface area (Å²) in [6.07, 6.45) is 5.55. The molecule has 4 heterocycles. The largest absolute Gasteiger partial charge is 0.256 e. The molecular weight excluding hydrogens is 562 g/mol. The average Bonchev–Trinajstić information content (AvgIpc) is 3.15. The fourth-order valence-corrected chi connectivity index (χ4v) is 5.65. The molecule has 216 valence electrons. The minimum absolute atomic E-state index is 0.650. The smallest absolute Gasteiger partial charge is 0.160 e. The van der Waals surface area contributed by atoms with E-state index in [0.29, 0.717) is 5.82 Å². The lowest BCUT2D eigenvalue weighted by Crippen LogP contribution is -1.97. The molecule has 46 heavy (non-hydrogen) atoms. The highest BCUT2D eigenvalue weighted by Gasteiger charge is 2.13. The van der Waals surface area contributed by atoms with Crippen molar-refractivity contribution in [3.63, 3.8) is 0 Å². The molecule has 0 aliphatic rings. The van der Waals surface area contributed by atoms with Crippen LogP contribution >= 0.6 is 0 Å². The molecule has 0 N–H and O–H groups in total. The van der Waals surface area contributed by atoms with Gasteiger partial charge in [-0.25, -0.2) is 9.97 Å². The van der Waals surface area contributed by atoms with Gasteiger partial charge in [0.15, 0.2) is 5.82 Å². The number of nitrogens with zero attached hydrogens (tertiary/aromatic N) is 5. The van der Waals surface area contributed by atoms with Crippen molar-refractivity contribution in [3.05, 3.63) is 164 Å². The van der Waals surface area contributed by atoms with Crippen molar-refractivity contribution in [3.8, 4) is 67.7 Å². The predicted molar refractivity (Wildman–Crippen MR) is 186 cm³/mol. The second kappa shape index (κ2) is 12.0. The third-order valence-corrected chi connectivity index (χ3v) is 8.03.